The van der Waals surface area contributed by atoms with E-state index < -0.39 is 0 Å². The van der Waals surface area contributed by atoms with Gasteiger partial charge in [-0.25, -0.2) is 0 Å². The summed E-state index contributed by atoms with van der Waals surface area (Å²) in [4.78, 5) is 6.69. The van der Waals surface area contributed by atoms with Gasteiger partial charge in [0.15, 0.2) is 0 Å². The highest BCUT2D eigenvalue weighted by atomic mass is 16.5. The molecule has 1 aliphatic rings. The molecule has 1 unspecified atom stereocenters. The molecule has 3 N–H and O–H groups in total. The van der Waals surface area contributed by atoms with Crippen molar-refractivity contribution in [3.63, 3.8) is 0 Å². The predicted octanol–water partition coefficient (Wildman–Crippen LogP) is 2.13. The van der Waals surface area contributed by atoms with Crippen LogP contribution in [0.2, 0.25) is 0 Å². The molecular weight excluding hydrogens is 264 g/mol. The lowest BCUT2D eigenvalue weighted by Gasteiger charge is -2.35. The summed E-state index contributed by atoms with van der Waals surface area (Å²) < 4.78 is 5.51. The molecular formula is C16H20N4O. The first-order chi connectivity index (χ1) is 10.2. The number of nitrogens with two attached hydrogens (primary N) is 1. The number of para-hydroxylation sites is 1. The number of ether oxygens (including phenoxy) is 1. The second-order valence-corrected chi connectivity index (χ2v) is 5.40. The van der Waals surface area contributed by atoms with Crippen LogP contribution in [0.5, 0.6) is 0 Å². The Morgan fingerprint density at radius 3 is 3.00 bits per heavy atom. The van der Waals surface area contributed by atoms with Crippen LogP contribution in [0.4, 0.5) is 5.69 Å². The van der Waals surface area contributed by atoms with Crippen molar-refractivity contribution in [2.24, 2.45) is 5.73 Å². The van der Waals surface area contributed by atoms with Gasteiger partial charge in [-0.3, -0.25) is 10.4 Å². The van der Waals surface area contributed by atoms with Crippen molar-refractivity contribution >= 4 is 22.4 Å². The van der Waals surface area contributed by atoms with Crippen LogP contribution in [0.3, 0.4) is 0 Å². The van der Waals surface area contributed by atoms with Crippen LogP contribution in [0.25, 0.3) is 10.9 Å². The summed E-state index contributed by atoms with van der Waals surface area (Å²) in [6.07, 6.45) is 4.08. The summed E-state index contributed by atoms with van der Waals surface area (Å²) in [5.41, 5.74) is 8.40. The van der Waals surface area contributed by atoms with Gasteiger partial charge in [-0.2, -0.15) is 0 Å². The molecule has 0 radical (unpaired) electrons. The van der Waals surface area contributed by atoms with Gasteiger partial charge in [-0.05, 0) is 18.9 Å². The highest BCUT2D eigenvalue weighted by molar-refractivity contribution is 6.07. The maximum atomic E-state index is 7.85. The van der Waals surface area contributed by atoms with Crippen molar-refractivity contribution in [3.8, 4) is 0 Å². The zero-order valence-electron chi connectivity index (χ0n) is 12.2. The number of amidine groups is 1. The number of hydrogen-bond acceptors (Lipinski definition) is 4. The van der Waals surface area contributed by atoms with Crippen LogP contribution in [0.1, 0.15) is 18.4 Å². The van der Waals surface area contributed by atoms with Crippen molar-refractivity contribution in [3.05, 3.63) is 36.0 Å². The molecule has 0 amide bonds. The van der Waals surface area contributed by atoms with Crippen LogP contribution >= 0.6 is 0 Å². The quantitative estimate of drug-likeness (QED) is 0.669. The van der Waals surface area contributed by atoms with Crippen molar-refractivity contribution in [1.82, 2.24) is 4.98 Å². The van der Waals surface area contributed by atoms with Crippen molar-refractivity contribution < 1.29 is 4.74 Å². The molecule has 3 rings (SSSR count). The van der Waals surface area contributed by atoms with Crippen LogP contribution in [-0.4, -0.2) is 37.1 Å². The van der Waals surface area contributed by atoms with E-state index in [0.717, 1.165) is 42.5 Å². The third-order valence-corrected chi connectivity index (χ3v) is 4.06. The summed E-state index contributed by atoms with van der Waals surface area (Å²) >= 11 is 0. The molecule has 1 atom stereocenters. The molecule has 0 saturated carbocycles. The van der Waals surface area contributed by atoms with E-state index >= 15 is 0 Å². The maximum Gasteiger partial charge on any atom is 0.126 e. The van der Waals surface area contributed by atoms with Crippen LogP contribution in [0.15, 0.2) is 30.5 Å². The Morgan fingerprint density at radius 2 is 2.24 bits per heavy atom. The smallest absolute Gasteiger partial charge is 0.126 e. The zero-order chi connectivity index (χ0) is 14.8. The van der Waals surface area contributed by atoms with Crippen molar-refractivity contribution in [2.45, 2.75) is 18.9 Å². The van der Waals surface area contributed by atoms with Crippen LogP contribution < -0.4 is 10.6 Å². The molecule has 1 aliphatic heterocycles. The van der Waals surface area contributed by atoms with Crippen LogP contribution in [-0.2, 0) is 4.74 Å². The minimum Gasteiger partial charge on any atom is -0.384 e. The zero-order valence-corrected chi connectivity index (χ0v) is 12.2. The molecule has 1 aromatic carbocycles. The number of nitrogen functional groups attached to an aromatic ring is 1. The number of pyridine rings is 1. The van der Waals surface area contributed by atoms with Crippen molar-refractivity contribution in [2.75, 3.05) is 25.1 Å². The largest absolute Gasteiger partial charge is 0.384 e. The average Bonchev–Trinajstić information content (AvgIpc) is 2.53. The average molecular weight is 284 g/mol. The number of benzene rings is 1. The van der Waals surface area contributed by atoms with Gasteiger partial charge in [-0.1, -0.05) is 18.2 Å². The Labute approximate surface area is 124 Å². The first-order valence-corrected chi connectivity index (χ1v) is 7.20. The van der Waals surface area contributed by atoms with Crippen LogP contribution in [0, 0.1) is 5.41 Å². The van der Waals surface area contributed by atoms with E-state index in [1.807, 2.05) is 24.3 Å². The third-order valence-electron chi connectivity index (χ3n) is 4.06. The lowest BCUT2D eigenvalue weighted by molar-refractivity contribution is 0.0894. The topological polar surface area (TPSA) is 75.2 Å². The molecule has 110 valence electrons. The molecule has 5 nitrogen and oxygen atoms in total. The van der Waals surface area contributed by atoms with Gasteiger partial charge in [0.2, 0.25) is 0 Å². The predicted molar refractivity (Wildman–Crippen MR) is 85.0 cm³/mol. The number of piperidine rings is 1. The lowest BCUT2D eigenvalue weighted by Crippen LogP contribution is -2.40. The normalized spacial score (nSPS) is 18.9. The SMILES string of the molecule is COC1CCCN(c2c(C(=N)N)cnc3ccccc23)C1. The summed E-state index contributed by atoms with van der Waals surface area (Å²) in [7, 11) is 1.75. The summed E-state index contributed by atoms with van der Waals surface area (Å²) in [5, 5.41) is 8.89. The molecule has 1 fully saturated rings. The molecule has 0 spiro atoms. The first kappa shape index (κ1) is 13.8. The fourth-order valence-corrected chi connectivity index (χ4v) is 3.00. The minimum absolute atomic E-state index is 0.0581. The van der Waals surface area contributed by atoms with E-state index in [4.69, 9.17) is 15.9 Å². The molecule has 5 heteroatoms. The highest BCUT2D eigenvalue weighted by Gasteiger charge is 2.24. The Morgan fingerprint density at radius 1 is 1.43 bits per heavy atom. The number of anilines is 1. The third kappa shape index (κ3) is 2.56. The Kier molecular flexibility index (Phi) is 3.75. The van der Waals surface area contributed by atoms with E-state index in [1.165, 1.54) is 0 Å². The Bertz CT molecular complexity index is 670. The number of nitrogens with one attached hydrogen (secondary N) is 1. The Hall–Kier alpha value is -2.14. The van der Waals surface area contributed by atoms with E-state index in [9.17, 15) is 0 Å². The molecule has 1 aromatic heterocycles. The fourth-order valence-electron chi connectivity index (χ4n) is 3.00. The van der Waals surface area contributed by atoms with Gasteiger partial charge in [-0.15, -0.1) is 0 Å². The van der Waals surface area contributed by atoms with E-state index in [-0.39, 0.29) is 11.9 Å². The van der Waals surface area contributed by atoms with E-state index in [1.54, 1.807) is 13.3 Å². The Balaban J connectivity index is 2.14. The molecule has 0 aliphatic carbocycles. The fraction of sp³-hybridized carbons (Fsp3) is 0.375. The summed E-state index contributed by atoms with van der Waals surface area (Å²) in [5.74, 6) is 0.0581. The number of rotatable bonds is 3. The molecule has 1 saturated heterocycles. The lowest BCUT2D eigenvalue weighted by atomic mass is 10.0. The van der Waals surface area contributed by atoms with E-state index in [2.05, 4.69) is 9.88 Å². The number of fused-ring (bicyclic) bond motifs is 1. The van der Waals surface area contributed by atoms with Gasteiger partial charge in [0.1, 0.15) is 5.84 Å². The molecule has 21 heavy (non-hydrogen) atoms. The second kappa shape index (κ2) is 5.69. The molecule has 0 bridgehead atoms. The van der Waals surface area contributed by atoms with Gasteiger partial charge >= 0.3 is 0 Å². The standard InChI is InChI=1S/C16H20N4O/c1-21-11-5-4-8-20(10-11)15-12-6-2-3-7-14(12)19-9-13(15)16(17)18/h2-3,6-7,9,11H,4-5,8,10H2,1H3,(H3,17,18). The van der Waals surface area contributed by atoms with Crippen molar-refractivity contribution in [1.29, 1.82) is 5.41 Å². The maximum absolute atomic E-state index is 7.85. The second-order valence-electron chi connectivity index (χ2n) is 5.40. The number of nitrogens with zero attached hydrogens (tertiary/aromatic N) is 2. The highest BCUT2D eigenvalue weighted by Crippen LogP contribution is 2.31. The number of methoxy groups -OCH3 is 1. The first-order valence-electron chi connectivity index (χ1n) is 7.20. The number of aromatic nitrogens is 1. The minimum atomic E-state index is 0.0581. The summed E-state index contributed by atoms with van der Waals surface area (Å²) in [6, 6.07) is 8.00. The summed E-state index contributed by atoms with van der Waals surface area (Å²) in [6.45, 7) is 1.78. The van der Waals surface area contributed by atoms with Gasteiger partial charge in [0, 0.05) is 31.8 Å². The van der Waals surface area contributed by atoms with Gasteiger partial charge < -0.3 is 15.4 Å². The van der Waals surface area contributed by atoms with Gasteiger partial charge in [0.25, 0.3) is 0 Å². The van der Waals surface area contributed by atoms with E-state index in [0.29, 0.717) is 5.56 Å². The molecule has 2 aromatic rings. The van der Waals surface area contributed by atoms with Gasteiger partial charge in [0.05, 0.1) is 22.9 Å². The molecule has 2 heterocycles. The monoisotopic (exact) mass is 284 g/mol. The number of hydrogen-bond donors (Lipinski definition) is 2.